The van der Waals surface area contributed by atoms with Crippen LogP contribution in [0.1, 0.15) is 16.0 Å². The van der Waals surface area contributed by atoms with E-state index < -0.39 is 0 Å². The van der Waals surface area contributed by atoms with Crippen LogP contribution in [0.4, 0.5) is 0 Å². The second-order valence-corrected chi connectivity index (χ2v) is 6.25. The van der Waals surface area contributed by atoms with E-state index >= 15 is 0 Å². The van der Waals surface area contributed by atoms with Gasteiger partial charge in [0.25, 0.3) is 0 Å². The number of hydrogen-bond donors (Lipinski definition) is 0. The number of hydrogen-bond acceptors (Lipinski definition) is 0. The third-order valence-corrected chi connectivity index (χ3v) is 4.20. The lowest BCUT2D eigenvalue weighted by molar-refractivity contribution is 0.948. The van der Waals surface area contributed by atoms with Crippen molar-refractivity contribution in [2.24, 2.45) is 0 Å². The van der Waals surface area contributed by atoms with Crippen molar-refractivity contribution in [1.29, 1.82) is 0 Å². The van der Waals surface area contributed by atoms with Crippen molar-refractivity contribution in [3.63, 3.8) is 0 Å². The van der Waals surface area contributed by atoms with Crippen LogP contribution >= 0.6 is 43.5 Å². The molecule has 88 valence electrons. The topological polar surface area (TPSA) is 0 Å². The molecular weight excluding hydrogens is 363 g/mol. The average molecular weight is 375 g/mol. The number of benzene rings is 2. The number of halogens is 3. The molecule has 17 heavy (non-hydrogen) atoms. The van der Waals surface area contributed by atoms with Crippen molar-refractivity contribution < 1.29 is 0 Å². The Morgan fingerprint density at radius 3 is 2.53 bits per heavy atom. The predicted octanol–water partition coefficient (Wildman–Crippen LogP) is 5.78. The maximum absolute atomic E-state index is 6.18. The van der Waals surface area contributed by atoms with Gasteiger partial charge in [0.15, 0.2) is 0 Å². The van der Waals surface area contributed by atoms with Crippen LogP contribution < -0.4 is 0 Å². The summed E-state index contributed by atoms with van der Waals surface area (Å²) in [6, 6.07) is 16.3. The van der Waals surface area contributed by atoms with Crippen molar-refractivity contribution in [1.82, 2.24) is 0 Å². The summed E-state index contributed by atoms with van der Waals surface area (Å²) in [6.07, 6.45) is 0.920. The van der Waals surface area contributed by atoms with Crippen molar-refractivity contribution in [3.8, 4) is 0 Å². The van der Waals surface area contributed by atoms with Crippen LogP contribution in [0.15, 0.2) is 53.0 Å². The van der Waals surface area contributed by atoms with Gasteiger partial charge in [-0.05, 0) is 35.7 Å². The molecule has 0 N–H and O–H groups in total. The zero-order valence-corrected chi connectivity index (χ0v) is 13.0. The maximum atomic E-state index is 6.18. The first kappa shape index (κ1) is 13.1. The smallest absolute Gasteiger partial charge is 0.0450 e. The van der Waals surface area contributed by atoms with Crippen molar-refractivity contribution in [2.75, 3.05) is 0 Å². The normalized spacial score (nSPS) is 12.4. The molecule has 0 saturated heterocycles. The molecular formula is C14H11Br2Cl. The van der Waals surface area contributed by atoms with Crippen LogP contribution in [0.3, 0.4) is 0 Å². The average Bonchev–Trinajstić information content (AvgIpc) is 2.29. The van der Waals surface area contributed by atoms with Gasteiger partial charge >= 0.3 is 0 Å². The van der Waals surface area contributed by atoms with Gasteiger partial charge in [0.1, 0.15) is 0 Å². The minimum Gasteiger partial charge on any atom is -0.0840 e. The zero-order chi connectivity index (χ0) is 12.3. The molecule has 0 aliphatic heterocycles. The molecule has 0 spiro atoms. The van der Waals surface area contributed by atoms with Crippen LogP contribution in [0, 0.1) is 0 Å². The van der Waals surface area contributed by atoms with Crippen molar-refractivity contribution in [3.05, 3.63) is 69.2 Å². The third-order valence-electron chi connectivity index (χ3n) is 2.55. The number of alkyl halides is 1. The molecule has 0 radical (unpaired) electrons. The standard InChI is InChI=1S/C14H11Br2Cl/c15-11-5-3-4-10(8-11)9-13(16)12-6-1-2-7-14(12)17/h1-8,13H,9H2. The van der Waals surface area contributed by atoms with Gasteiger partial charge < -0.3 is 0 Å². The third kappa shape index (κ3) is 3.57. The van der Waals surface area contributed by atoms with E-state index in [9.17, 15) is 0 Å². The summed E-state index contributed by atoms with van der Waals surface area (Å²) in [6.45, 7) is 0. The quantitative estimate of drug-likeness (QED) is 0.597. The highest BCUT2D eigenvalue weighted by molar-refractivity contribution is 9.10. The summed E-state index contributed by atoms with van der Waals surface area (Å²) in [5.41, 5.74) is 2.41. The van der Waals surface area contributed by atoms with Gasteiger partial charge in [0.05, 0.1) is 0 Å². The summed E-state index contributed by atoms with van der Waals surface area (Å²) in [5.74, 6) is 0. The summed E-state index contributed by atoms with van der Waals surface area (Å²) < 4.78 is 1.11. The Kier molecular flexibility index (Phi) is 4.66. The van der Waals surface area contributed by atoms with E-state index in [1.807, 2.05) is 30.3 Å². The monoisotopic (exact) mass is 372 g/mol. The summed E-state index contributed by atoms with van der Waals surface area (Å²) in [5, 5.41) is 0.810. The Morgan fingerprint density at radius 1 is 1.06 bits per heavy atom. The lowest BCUT2D eigenvalue weighted by Gasteiger charge is -2.12. The van der Waals surface area contributed by atoms with Crippen LogP contribution in [0.5, 0.6) is 0 Å². The maximum Gasteiger partial charge on any atom is 0.0450 e. The molecule has 2 aromatic carbocycles. The summed E-state index contributed by atoms with van der Waals surface area (Å²) >= 11 is 13.4. The fraction of sp³-hybridized carbons (Fsp3) is 0.143. The fourth-order valence-electron chi connectivity index (χ4n) is 1.71. The van der Waals surface area contributed by atoms with E-state index in [0.29, 0.717) is 0 Å². The molecule has 0 amide bonds. The summed E-state index contributed by atoms with van der Waals surface area (Å²) in [4.78, 5) is 0.241. The van der Waals surface area contributed by atoms with Gasteiger partial charge in [0.2, 0.25) is 0 Å². The van der Waals surface area contributed by atoms with E-state index in [0.717, 1.165) is 21.5 Å². The van der Waals surface area contributed by atoms with Gasteiger partial charge in [-0.2, -0.15) is 0 Å². The van der Waals surface area contributed by atoms with Crippen LogP contribution in [-0.4, -0.2) is 0 Å². The SMILES string of the molecule is Clc1ccccc1C(Br)Cc1cccc(Br)c1. The minimum atomic E-state index is 0.241. The Balaban J connectivity index is 2.17. The van der Waals surface area contributed by atoms with Crippen molar-refractivity contribution >= 4 is 43.5 Å². The Labute approximate surface area is 123 Å². The lowest BCUT2D eigenvalue weighted by atomic mass is 10.0. The van der Waals surface area contributed by atoms with E-state index in [4.69, 9.17) is 11.6 Å². The van der Waals surface area contributed by atoms with Crippen LogP contribution in [0.25, 0.3) is 0 Å². The molecule has 0 bridgehead atoms. The first-order chi connectivity index (χ1) is 8.16. The van der Waals surface area contributed by atoms with E-state index in [2.05, 4.69) is 50.1 Å². The molecule has 1 unspecified atom stereocenters. The first-order valence-corrected chi connectivity index (χ1v) is 7.38. The molecule has 0 nitrogen and oxygen atoms in total. The molecule has 0 aliphatic carbocycles. The van der Waals surface area contributed by atoms with Gasteiger partial charge in [-0.25, -0.2) is 0 Å². The second kappa shape index (κ2) is 6.03. The van der Waals surface area contributed by atoms with Crippen LogP contribution in [-0.2, 0) is 6.42 Å². The van der Waals surface area contributed by atoms with E-state index in [-0.39, 0.29) is 4.83 Å². The molecule has 0 aromatic heterocycles. The molecule has 0 aliphatic rings. The predicted molar refractivity (Wildman–Crippen MR) is 81.0 cm³/mol. The Morgan fingerprint density at radius 2 is 1.82 bits per heavy atom. The summed E-state index contributed by atoms with van der Waals surface area (Å²) in [7, 11) is 0. The molecule has 2 aromatic rings. The molecule has 1 atom stereocenters. The highest BCUT2D eigenvalue weighted by Crippen LogP contribution is 2.32. The Hall–Kier alpha value is -0.310. The highest BCUT2D eigenvalue weighted by Gasteiger charge is 2.11. The first-order valence-electron chi connectivity index (χ1n) is 5.30. The van der Waals surface area contributed by atoms with Gasteiger partial charge in [-0.3, -0.25) is 0 Å². The highest BCUT2D eigenvalue weighted by atomic mass is 79.9. The molecule has 3 heteroatoms. The van der Waals surface area contributed by atoms with Gasteiger partial charge in [0, 0.05) is 14.3 Å². The van der Waals surface area contributed by atoms with E-state index in [1.165, 1.54) is 5.56 Å². The lowest BCUT2D eigenvalue weighted by Crippen LogP contribution is -1.96. The van der Waals surface area contributed by atoms with Gasteiger partial charge in [-0.1, -0.05) is 73.8 Å². The van der Waals surface area contributed by atoms with Crippen LogP contribution in [0.2, 0.25) is 5.02 Å². The van der Waals surface area contributed by atoms with E-state index in [1.54, 1.807) is 0 Å². The molecule has 2 rings (SSSR count). The second-order valence-electron chi connectivity index (χ2n) is 3.82. The molecule has 0 fully saturated rings. The zero-order valence-electron chi connectivity index (χ0n) is 9.04. The fourth-order valence-corrected chi connectivity index (χ4v) is 3.33. The Bertz CT molecular complexity index is 511. The number of rotatable bonds is 3. The minimum absolute atomic E-state index is 0.241. The molecule has 0 heterocycles. The largest absolute Gasteiger partial charge is 0.0840 e. The molecule has 0 saturated carbocycles. The van der Waals surface area contributed by atoms with Crippen molar-refractivity contribution in [2.45, 2.75) is 11.2 Å². The van der Waals surface area contributed by atoms with Gasteiger partial charge in [-0.15, -0.1) is 0 Å².